The molecule has 11 aromatic rings. The van der Waals surface area contributed by atoms with Gasteiger partial charge in [0.2, 0.25) is 5.95 Å². The van der Waals surface area contributed by atoms with Crippen LogP contribution in [0.5, 0.6) is 0 Å². The monoisotopic (exact) mass is 647 g/mol. The zero-order valence-corrected chi connectivity index (χ0v) is 27.6. The summed E-state index contributed by atoms with van der Waals surface area (Å²) in [6, 6.07) is 63.2. The highest BCUT2D eigenvalue weighted by Crippen LogP contribution is 2.44. The van der Waals surface area contributed by atoms with Gasteiger partial charge in [-0.05, 0) is 67.4 Å². The molecule has 0 spiro atoms. The molecule has 0 aliphatic rings. The molecule has 0 saturated heterocycles. The second-order valence-electron chi connectivity index (χ2n) is 13.4. The van der Waals surface area contributed by atoms with Crippen molar-refractivity contribution in [3.63, 3.8) is 0 Å². The molecule has 2 heterocycles. The van der Waals surface area contributed by atoms with Crippen molar-refractivity contribution in [3.05, 3.63) is 176 Å². The van der Waals surface area contributed by atoms with Crippen molar-refractivity contribution < 1.29 is 0 Å². The minimum absolute atomic E-state index is 0.653. The molecule has 0 bridgehead atoms. The van der Waals surface area contributed by atoms with Crippen molar-refractivity contribution in [2.24, 2.45) is 0 Å². The average Bonchev–Trinajstić information content (AvgIpc) is 3.55. The van der Waals surface area contributed by atoms with Crippen LogP contribution in [0, 0.1) is 0 Å². The lowest BCUT2D eigenvalue weighted by Gasteiger charge is -2.15. The Kier molecular flexibility index (Phi) is 5.96. The van der Waals surface area contributed by atoms with Crippen LogP contribution in [0.2, 0.25) is 0 Å². The smallest absolute Gasteiger partial charge is 0.235 e. The molecule has 3 heteroatoms. The van der Waals surface area contributed by atoms with Crippen LogP contribution in [0.4, 0.5) is 0 Å². The van der Waals surface area contributed by atoms with Gasteiger partial charge in [-0.15, -0.1) is 0 Å². The number of nitrogens with zero attached hydrogens (tertiary/aromatic N) is 3. The Hall–Kier alpha value is -6.84. The van der Waals surface area contributed by atoms with Crippen LogP contribution in [0.25, 0.3) is 104 Å². The Morgan fingerprint density at radius 2 is 0.843 bits per heavy atom. The van der Waals surface area contributed by atoms with Gasteiger partial charge in [-0.2, -0.15) is 0 Å². The highest BCUT2D eigenvalue weighted by Gasteiger charge is 2.22. The summed E-state index contributed by atoms with van der Waals surface area (Å²) in [5, 5.41) is 14.6. The highest BCUT2D eigenvalue weighted by atomic mass is 15.2. The van der Waals surface area contributed by atoms with Gasteiger partial charge in [0.25, 0.3) is 0 Å². The second kappa shape index (κ2) is 10.8. The van der Waals surface area contributed by atoms with Crippen molar-refractivity contribution in [2.75, 3.05) is 0 Å². The number of hydrogen-bond acceptors (Lipinski definition) is 2. The summed E-state index contributed by atoms with van der Waals surface area (Å²) in [6.07, 6.45) is 0. The van der Waals surface area contributed by atoms with E-state index >= 15 is 0 Å². The fraction of sp³-hybridized carbons (Fsp3) is 0. The molecule has 2 aromatic heterocycles. The standard InChI is InChI=1S/C48H29N3/c1-3-14-33-27-35(23-21-30(33)11-1)42-29-43(36-24-22-31-12-2-4-15-34(31)28-36)50-48(49-42)51-44-20-10-9-19-41(44)46-45-37-16-6-5-13-32(37)25-26-39(45)38-17-7-8-18-40(38)47(46)51/h1-29H. The number of fused-ring (bicyclic) bond motifs is 12. The van der Waals surface area contributed by atoms with Crippen LogP contribution in [0.3, 0.4) is 0 Å². The van der Waals surface area contributed by atoms with Gasteiger partial charge in [0.1, 0.15) is 0 Å². The molecule has 0 aliphatic carbocycles. The van der Waals surface area contributed by atoms with Crippen molar-refractivity contribution in [1.82, 2.24) is 14.5 Å². The quantitative estimate of drug-likeness (QED) is 0.179. The topological polar surface area (TPSA) is 30.7 Å². The molecule has 0 amide bonds. The van der Waals surface area contributed by atoms with Gasteiger partial charge in [0.05, 0.1) is 22.4 Å². The van der Waals surface area contributed by atoms with E-state index in [0.717, 1.165) is 33.5 Å². The van der Waals surface area contributed by atoms with E-state index in [1.54, 1.807) is 0 Å². The largest absolute Gasteiger partial charge is 0.277 e. The van der Waals surface area contributed by atoms with Crippen molar-refractivity contribution in [2.45, 2.75) is 0 Å². The van der Waals surface area contributed by atoms with E-state index in [2.05, 4.69) is 180 Å². The normalized spacial score (nSPS) is 11.9. The second-order valence-corrected chi connectivity index (χ2v) is 13.4. The van der Waals surface area contributed by atoms with Crippen molar-refractivity contribution >= 4 is 75.7 Å². The summed E-state index contributed by atoms with van der Waals surface area (Å²) in [5.41, 5.74) is 6.09. The molecule has 236 valence electrons. The van der Waals surface area contributed by atoms with E-state index in [9.17, 15) is 0 Å². The SMILES string of the molecule is c1ccc2cc(-c3cc(-c4ccc5ccccc5c4)nc(-n4c5ccccc5c5c6c7ccccc7ccc6c6ccccc6c54)n3)ccc2c1. The lowest BCUT2D eigenvalue weighted by Crippen LogP contribution is -2.04. The molecule has 9 aromatic carbocycles. The third-order valence-corrected chi connectivity index (χ3v) is 10.5. The Balaban J connectivity index is 1.30. The van der Waals surface area contributed by atoms with Crippen molar-refractivity contribution in [3.8, 4) is 28.5 Å². The van der Waals surface area contributed by atoms with Gasteiger partial charge >= 0.3 is 0 Å². The molecule has 51 heavy (non-hydrogen) atoms. The molecular weight excluding hydrogens is 619 g/mol. The van der Waals surface area contributed by atoms with E-state index in [1.165, 1.54) is 64.6 Å². The summed E-state index contributed by atoms with van der Waals surface area (Å²) >= 11 is 0. The first-order chi connectivity index (χ1) is 25.3. The van der Waals surface area contributed by atoms with Gasteiger partial charge in [-0.25, -0.2) is 9.97 Å². The average molecular weight is 648 g/mol. The number of aromatic nitrogens is 3. The van der Waals surface area contributed by atoms with Crippen LogP contribution in [-0.4, -0.2) is 14.5 Å². The Bertz CT molecular complexity index is 3110. The fourth-order valence-electron chi connectivity index (χ4n) is 8.17. The molecule has 0 radical (unpaired) electrons. The van der Waals surface area contributed by atoms with E-state index < -0.39 is 0 Å². The summed E-state index contributed by atoms with van der Waals surface area (Å²) in [6.45, 7) is 0. The number of para-hydroxylation sites is 1. The number of benzene rings is 9. The number of hydrogen-bond donors (Lipinski definition) is 0. The summed E-state index contributed by atoms with van der Waals surface area (Å²) in [4.78, 5) is 10.9. The first-order valence-electron chi connectivity index (χ1n) is 17.4. The van der Waals surface area contributed by atoms with Gasteiger partial charge in [-0.3, -0.25) is 4.57 Å². The van der Waals surface area contributed by atoms with Crippen LogP contribution in [0.15, 0.2) is 176 Å². The van der Waals surface area contributed by atoms with Gasteiger partial charge < -0.3 is 0 Å². The lowest BCUT2D eigenvalue weighted by atomic mass is 9.93. The lowest BCUT2D eigenvalue weighted by molar-refractivity contribution is 0.998. The highest BCUT2D eigenvalue weighted by molar-refractivity contribution is 6.36. The number of rotatable bonds is 3. The predicted molar refractivity (Wildman–Crippen MR) is 215 cm³/mol. The van der Waals surface area contributed by atoms with E-state index in [-0.39, 0.29) is 0 Å². The molecule has 3 nitrogen and oxygen atoms in total. The molecule has 0 aliphatic heterocycles. The summed E-state index contributed by atoms with van der Waals surface area (Å²) < 4.78 is 2.31. The molecular formula is C48H29N3. The molecule has 11 rings (SSSR count). The predicted octanol–water partition coefficient (Wildman–Crippen LogP) is 12.7. The van der Waals surface area contributed by atoms with E-state index in [1.807, 2.05) is 0 Å². The van der Waals surface area contributed by atoms with E-state index in [4.69, 9.17) is 9.97 Å². The minimum Gasteiger partial charge on any atom is -0.277 e. The Morgan fingerprint density at radius 3 is 1.51 bits per heavy atom. The Morgan fingerprint density at radius 1 is 0.333 bits per heavy atom. The molecule has 0 N–H and O–H groups in total. The molecule has 0 saturated carbocycles. The van der Waals surface area contributed by atoms with Gasteiger partial charge in [0, 0.05) is 32.7 Å². The van der Waals surface area contributed by atoms with Crippen LogP contribution < -0.4 is 0 Å². The molecule has 0 atom stereocenters. The zero-order chi connectivity index (χ0) is 33.5. The van der Waals surface area contributed by atoms with E-state index in [0.29, 0.717) is 5.95 Å². The first-order valence-corrected chi connectivity index (χ1v) is 17.4. The third-order valence-electron chi connectivity index (χ3n) is 10.5. The third kappa shape index (κ3) is 4.25. The van der Waals surface area contributed by atoms with Crippen LogP contribution in [-0.2, 0) is 0 Å². The molecule has 0 fully saturated rings. The first kappa shape index (κ1) is 28.0. The van der Waals surface area contributed by atoms with Crippen LogP contribution >= 0.6 is 0 Å². The maximum Gasteiger partial charge on any atom is 0.235 e. The minimum atomic E-state index is 0.653. The maximum absolute atomic E-state index is 5.44. The van der Waals surface area contributed by atoms with Crippen LogP contribution in [0.1, 0.15) is 0 Å². The summed E-state index contributed by atoms with van der Waals surface area (Å²) in [7, 11) is 0. The van der Waals surface area contributed by atoms with Crippen molar-refractivity contribution in [1.29, 1.82) is 0 Å². The van der Waals surface area contributed by atoms with Gasteiger partial charge in [-0.1, -0.05) is 152 Å². The Labute approximate surface area is 293 Å². The molecule has 0 unspecified atom stereocenters. The van der Waals surface area contributed by atoms with Gasteiger partial charge in [0.15, 0.2) is 0 Å². The maximum atomic E-state index is 5.44. The zero-order valence-electron chi connectivity index (χ0n) is 27.6. The fourth-order valence-corrected chi connectivity index (χ4v) is 8.17. The summed E-state index contributed by atoms with van der Waals surface area (Å²) in [5.74, 6) is 0.653.